The normalized spacial score (nSPS) is 21.6. The van der Waals surface area contributed by atoms with Gasteiger partial charge in [0.25, 0.3) is 0 Å². The highest BCUT2D eigenvalue weighted by Gasteiger charge is 2.35. The molecule has 1 aromatic rings. The Morgan fingerprint density at radius 1 is 1.45 bits per heavy atom. The van der Waals surface area contributed by atoms with E-state index in [9.17, 15) is 4.79 Å². The molecule has 0 saturated carbocycles. The summed E-state index contributed by atoms with van der Waals surface area (Å²) in [6.45, 7) is 8.27. The Morgan fingerprint density at radius 3 is 2.82 bits per heavy atom. The number of rotatable bonds is 3. The van der Waals surface area contributed by atoms with Gasteiger partial charge in [-0.05, 0) is 40.2 Å². The van der Waals surface area contributed by atoms with Crippen LogP contribution in [0.5, 0.6) is 5.75 Å². The molecule has 6 nitrogen and oxygen atoms in total. The zero-order valence-electron chi connectivity index (χ0n) is 13.9. The summed E-state index contributed by atoms with van der Waals surface area (Å²) in [6.07, 6.45) is 2.30. The monoisotopic (exact) mass is 307 g/mol. The predicted molar refractivity (Wildman–Crippen MR) is 85.2 cm³/mol. The van der Waals surface area contributed by atoms with Crippen LogP contribution >= 0.6 is 0 Å². The Kier molecular flexibility index (Phi) is 4.78. The van der Waals surface area contributed by atoms with Crippen molar-refractivity contribution in [3.8, 4) is 5.75 Å². The summed E-state index contributed by atoms with van der Waals surface area (Å²) in [5.74, 6) is 1.51. The van der Waals surface area contributed by atoms with E-state index in [0.717, 1.165) is 18.0 Å². The fourth-order valence-electron chi connectivity index (χ4n) is 2.54. The number of nitrogens with one attached hydrogen (secondary N) is 1. The molecule has 1 aliphatic rings. The van der Waals surface area contributed by atoms with E-state index in [4.69, 9.17) is 9.47 Å². The Bertz CT molecular complexity index is 528. The lowest BCUT2D eigenvalue weighted by Crippen LogP contribution is -2.39. The zero-order valence-corrected chi connectivity index (χ0v) is 13.9. The van der Waals surface area contributed by atoms with Crippen LogP contribution < -0.4 is 10.1 Å². The van der Waals surface area contributed by atoms with E-state index in [1.165, 1.54) is 0 Å². The molecule has 1 amide bonds. The summed E-state index contributed by atoms with van der Waals surface area (Å²) < 4.78 is 10.6. The summed E-state index contributed by atoms with van der Waals surface area (Å²) in [7, 11) is 1.63. The Morgan fingerprint density at radius 2 is 2.18 bits per heavy atom. The minimum absolute atomic E-state index is 0.137. The van der Waals surface area contributed by atoms with E-state index in [1.807, 2.05) is 33.8 Å². The van der Waals surface area contributed by atoms with Gasteiger partial charge in [-0.15, -0.1) is 0 Å². The number of anilines is 1. The van der Waals surface area contributed by atoms with Crippen LogP contribution in [0, 0.1) is 0 Å². The van der Waals surface area contributed by atoms with Gasteiger partial charge in [-0.3, -0.25) is 0 Å². The minimum Gasteiger partial charge on any atom is -0.497 e. The molecular weight excluding hydrogens is 282 g/mol. The minimum atomic E-state index is -0.476. The van der Waals surface area contributed by atoms with Crippen molar-refractivity contribution in [2.45, 2.75) is 51.8 Å². The van der Waals surface area contributed by atoms with Crippen LogP contribution in [-0.2, 0) is 4.74 Å². The Balaban J connectivity index is 1.97. The molecule has 2 atom stereocenters. The Labute approximate surface area is 131 Å². The summed E-state index contributed by atoms with van der Waals surface area (Å²) in [6, 6.07) is 3.94. The van der Waals surface area contributed by atoms with Gasteiger partial charge in [-0.2, -0.15) is 0 Å². The van der Waals surface area contributed by atoms with Crippen molar-refractivity contribution in [2.75, 3.05) is 19.0 Å². The number of nitrogens with zero attached hydrogens (tertiary/aromatic N) is 2. The number of hydrogen-bond acceptors (Lipinski definition) is 5. The van der Waals surface area contributed by atoms with Gasteiger partial charge in [0, 0.05) is 30.9 Å². The topological polar surface area (TPSA) is 63.7 Å². The average Bonchev–Trinajstić information content (AvgIpc) is 2.78. The first-order valence-electron chi connectivity index (χ1n) is 7.54. The molecule has 2 heterocycles. The van der Waals surface area contributed by atoms with E-state index < -0.39 is 5.60 Å². The van der Waals surface area contributed by atoms with Gasteiger partial charge in [0.1, 0.15) is 17.2 Å². The van der Waals surface area contributed by atoms with Crippen LogP contribution in [0.4, 0.5) is 10.6 Å². The number of pyridine rings is 1. The van der Waals surface area contributed by atoms with Crippen molar-refractivity contribution in [1.29, 1.82) is 0 Å². The zero-order chi connectivity index (χ0) is 16.3. The van der Waals surface area contributed by atoms with E-state index >= 15 is 0 Å². The third-order valence-corrected chi connectivity index (χ3v) is 3.52. The smallest absolute Gasteiger partial charge is 0.410 e. The van der Waals surface area contributed by atoms with Gasteiger partial charge in [0.05, 0.1) is 7.11 Å². The van der Waals surface area contributed by atoms with Crippen LogP contribution in [0.3, 0.4) is 0 Å². The molecule has 1 unspecified atom stereocenters. The first-order valence-corrected chi connectivity index (χ1v) is 7.54. The number of carbonyl (C=O) groups is 1. The SMILES string of the molecule is COc1ccnc(NC2C[C@@H](C)N(C(=O)OC(C)(C)C)C2)c1. The molecule has 1 aliphatic heterocycles. The molecule has 0 bridgehead atoms. The quantitative estimate of drug-likeness (QED) is 0.930. The lowest BCUT2D eigenvalue weighted by atomic mass is 10.2. The van der Waals surface area contributed by atoms with Gasteiger partial charge >= 0.3 is 6.09 Å². The molecule has 0 radical (unpaired) electrons. The van der Waals surface area contributed by atoms with E-state index in [2.05, 4.69) is 10.3 Å². The molecule has 0 aromatic carbocycles. The summed E-state index contributed by atoms with van der Waals surface area (Å²) in [5.41, 5.74) is -0.476. The standard InChI is InChI=1S/C16H25N3O3/c1-11-8-12(10-19(11)15(20)22-16(2,3)4)18-14-9-13(21-5)6-7-17-14/h6-7,9,11-12H,8,10H2,1-5H3,(H,17,18)/t11-,12?/m1/s1. The van der Waals surface area contributed by atoms with Crippen LogP contribution in [0.15, 0.2) is 18.3 Å². The second-order valence-electron chi connectivity index (χ2n) is 6.64. The van der Waals surface area contributed by atoms with Gasteiger partial charge < -0.3 is 19.7 Å². The molecule has 0 aliphatic carbocycles. The molecule has 22 heavy (non-hydrogen) atoms. The first kappa shape index (κ1) is 16.4. The lowest BCUT2D eigenvalue weighted by Gasteiger charge is -2.26. The third-order valence-electron chi connectivity index (χ3n) is 3.52. The van der Waals surface area contributed by atoms with Crippen LogP contribution in [-0.4, -0.2) is 47.3 Å². The largest absolute Gasteiger partial charge is 0.497 e. The summed E-state index contributed by atoms with van der Waals surface area (Å²) in [5, 5.41) is 3.35. The number of methoxy groups -OCH3 is 1. The molecule has 1 aromatic heterocycles. The van der Waals surface area contributed by atoms with Crippen molar-refractivity contribution in [3.63, 3.8) is 0 Å². The lowest BCUT2D eigenvalue weighted by molar-refractivity contribution is 0.0238. The molecule has 6 heteroatoms. The number of aromatic nitrogens is 1. The predicted octanol–water partition coefficient (Wildman–Crippen LogP) is 2.90. The fourth-order valence-corrected chi connectivity index (χ4v) is 2.54. The van der Waals surface area contributed by atoms with Gasteiger partial charge in [0.2, 0.25) is 0 Å². The highest BCUT2D eigenvalue weighted by molar-refractivity contribution is 5.69. The van der Waals surface area contributed by atoms with Crippen molar-refractivity contribution < 1.29 is 14.3 Å². The first-order chi connectivity index (χ1) is 10.3. The Hall–Kier alpha value is -1.98. The second-order valence-corrected chi connectivity index (χ2v) is 6.64. The maximum atomic E-state index is 12.2. The maximum absolute atomic E-state index is 12.2. The van der Waals surface area contributed by atoms with E-state index in [0.29, 0.717) is 6.54 Å². The molecular formula is C16H25N3O3. The summed E-state index contributed by atoms with van der Waals surface area (Å²) >= 11 is 0. The maximum Gasteiger partial charge on any atom is 0.410 e. The van der Waals surface area contributed by atoms with Gasteiger partial charge in [-0.25, -0.2) is 9.78 Å². The molecule has 2 rings (SSSR count). The number of amides is 1. The number of likely N-dealkylation sites (tertiary alicyclic amines) is 1. The molecule has 122 valence electrons. The van der Waals surface area contributed by atoms with Crippen molar-refractivity contribution in [1.82, 2.24) is 9.88 Å². The third kappa shape index (κ3) is 4.26. The highest BCUT2D eigenvalue weighted by atomic mass is 16.6. The molecule has 1 saturated heterocycles. The highest BCUT2D eigenvalue weighted by Crippen LogP contribution is 2.24. The van der Waals surface area contributed by atoms with Gasteiger partial charge in [0.15, 0.2) is 0 Å². The molecule has 1 N–H and O–H groups in total. The molecule has 1 fully saturated rings. The second kappa shape index (κ2) is 6.42. The number of carbonyl (C=O) groups excluding carboxylic acids is 1. The van der Waals surface area contributed by atoms with E-state index in [-0.39, 0.29) is 18.2 Å². The molecule has 0 spiro atoms. The average molecular weight is 307 g/mol. The van der Waals surface area contributed by atoms with Crippen LogP contribution in [0.25, 0.3) is 0 Å². The van der Waals surface area contributed by atoms with Crippen LogP contribution in [0.2, 0.25) is 0 Å². The number of hydrogen-bond donors (Lipinski definition) is 1. The van der Waals surface area contributed by atoms with Gasteiger partial charge in [-0.1, -0.05) is 0 Å². The summed E-state index contributed by atoms with van der Waals surface area (Å²) in [4.78, 5) is 18.3. The van der Waals surface area contributed by atoms with Crippen molar-refractivity contribution in [3.05, 3.63) is 18.3 Å². The fraction of sp³-hybridized carbons (Fsp3) is 0.625. The van der Waals surface area contributed by atoms with Crippen molar-refractivity contribution in [2.24, 2.45) is 0 Å². The number of ether oxygens (including phenoxy) is 2. The van der Waals surface area contributed by atoms with Crippen molar-refractivity contribution >= 4 is 11.9 Å². The van der Waals surface area contributed by atoms with Crippen LogP contribution in [0.1, 0.15) is 34.1 Å². The van der Waals surface area contributed by atoms with E-state index in [1.54, 1.807) is 24.3 Å².